The summed E-state index contributed by atoms with van der Waals surface area (Å²) in [7, 11) is 0. The van der Waals surface area contributed by atoms with E-state index in [0.29, 0.717) is 24.0 Å². The Balaban J connectivity index is 1.70. The summed E-state index contributed by atoms with van der Waals surface area (Å²) in [4.78, 5) is 24.5. The third-order valence-corrected chi connectivity index (χ3v) is 3.44. The lowest BCUT2D eigenvalue weighted by atomic mass is 10.0. The Labute approximate surface area is 121 Å². The molecule has 1 amide bonds. The topological polar surface area (TPSA) is 90.1 Å². The number of hydrogen-bond acceptors (Lipinski definition) is 6. The van der Waals surface area contributed by atoms with Crippen LogP contribution < -0.4 is 5.32 Å². The summed E-state index contributed by atoms with van der Waals surface area (Å²) in [5, 5.41) is 2.90. The van der Waals surface area contributed by atoms with Gasteiger partial charge in [-0.25, -0.2) is 15.0 Å². The number of hydrogen-bond donors (Lipinski definition) is 1. The molecule has 1 saturated heterocycles. The van der Waals surface area contributed by atoms with Gasteiger partial charge in [0.15, 0.2) is 11.4 Å². The molecule has 110 valence electrons. The Kier molecular flexibility index (Phi) is 4.20. The lowest BCUT2D eigenvalue weighted by Crippen LogP contribution is -2.33. The minimum atomic E-state index is -0.261. The number of oxazole rings is 1. The zero-order valence-corrected chi connectivity index (χ0v) is 11.5. The van der Waals surface area contributed by atoms with Gasteiger partial charge in [-0.1, -0.05) is 0 Å². The molecule has 21 heavy (non-hydrogen) atoms. The third-order valence-electron chi connectivity index (χ3n) is 3.44. The van der Waals surface area contributed by atoms with Crippen molar-refractivity contribution in [2.75, 3.05) is 19.8 Å². The van der Waals surface area contributed by atoms with E-state index in [0.717, 1.165) is 26.1 Å². The van der Waals surface area contributed by atoms with Gasteiger partial charge in [0.05, 0.1) is 6.20 Å². The minimum absolute atomic E-state index is 0.229. The van der Waals surface area contributed by atoms with E-state index < -0.39 is 0 Å². The molecule has 1 fully saturated rings. The first-order valence-electron chi connectivity index (χ1n) is 6.91. The van der Waals surface area contributed by atoms with E-state index in [9.17, 15) is 4.79 Å². The molecular weight excluding hydrogens is 272 g/mol. The Morgan fingerprint density at radius 1 is 1.19 bits per heavy atom. The van der Waals surface area contributed by atoms with Crippen molar-refractivity contribution in [1.29, 1.82) is 0 Å². The third kappa shape index (κ3) is 3.25. The summed E-state index contributed by atoms with van der Waals surface area (Å²) >= 11 is 0. The highest BCUT2D eigenvalue weighted by atomic mass is 16.5. The summed E-state index contributed by atoms with van der Waals surface area (Å²) in [5.41, 5.74) is 0.582. The van der Waals surface area contributed by atoms with Gasteiger partial charge in [-0.15, -0.1) is 0 Å². The van der Waals surface area contributed by atoms with Crippen LogP contribution in [0.4, 0.5) is 0 Å². The molecule has 3 heterocycles. The minimum Gasteiger partial charge on any atom is -0.443 e. The van der Waals surface area contributed by atoms with Crippen LogP contribution in [-0.2, 0) is 4.74 Å². The maximum absolute atomic E-state index is 12.3. The van der Waals surface area contributed by atoms with Crippen LogP contribution in [0.15, 0.2) is 29.3 Å². The fraction of sp³-hybridized carbons (Fsp3) is 0.429. The average molecular weight is 288 g/mol. The van der Waals surface area contributed by atoms with Crippen LogP contribution in [0, 0.1) is 5.92 Å². The van der Waals surface area contributed by atoms with Crippen molar-refractivity contribution in [1.82, 2.24) is 20.3 Å². The molecule has 0 unspecified atom stereocenters. The lowest BCUT2D eigenvalue weighted by molar-refractivity contribution is 0.0642. The largest absolute Gasteiger partial charge is 0.443 e. The quantitative estimate of drug-likeness (QED) is 0.911. The fourth-order valence-electron chi connectivity index (χ4n) is 2.27. The molecule has 7 heteroatoms. The van der Waals surface area contributed by atoms with E-state index in [1.54, 1.807) is 0 Å². The van der Waals surface area contributed by atoms with Crippen molar-refractivity contribution in [3.05, 3.63) is 30.5 Å². The summed E-state index contributed by atoms with van der Waals surface area (Å²) in [6.07, 6.45) is 7.87. The van der Waals surface area contributed by atoms with Crippen LogP contribution in [0.3, 0.4) is 0 Å². The molecule has 2 aromatic rings. The molecule has 7 nitrogen and oxygen atoms in total. The van der Waals surface area contributed by atoms with Gasteiger partial charge in [-0.2, -0.15) is 0 Å². The predicted octanol–water partition coefficient (Wildman–Crippen LogP) is 1.29. The average Bonchev–Trinajstić information content (AvgIpc) is 3.08. The van der Waals surface area contributed by atoms with Gasteiger partial charge in [0.2, 0.25) is 5.89 Å². The van der Waals surface area contributed by atoms with Crippen molar-refractivity contribution in [3.63, 3.8) is 0 Å². The summed E-state index contributed by atoms with van der Waals surface area (Å²) in [5.74, 6) is 0.478. The second-order valence-electron chi connectivity index (χ2n) is 4.86. The van der Waals surface area contributed by atoms with Crippen molar-refractivity contribution in [2.45, 2.75) is 12.8 Å². The zero-order chi connectivity index (χ0) is 14.5. The van der Waals surface area contributed by atoms with E-state index >= 15 is 0 Å². The highest BCUT2D eigenvalue weighted by Gasteiger charge is 2.20. The van der Waals surface area contributed by atoms with Gasteiger partial charge in [0.25, 0.3) is 5.91 Å². The van der Waals surface area contributed by atoms with Gasteiger partial charge >= 0.3 is 0 Å². The van der Waals surface area contributed by atoms with Crippen LogP contribution >= 0.6 is 0 Å². The molecule has 1 aliphatic heterocycles. The zero-order valence-electron chi connectivity index (χ0n) is 11.5. The Hall–Kier alpha value is -2.28. The molecule has 0 aromatic carbocycles. The van der Waals surface area contributed by atoms with Crippen LogP contribution in [0.1, 0.15) is 23.3 Å². The molecule has 0 atom stereocenters. The molecule has 0 radical (unpaired) electrons. The molecule has 0 bridgehead atoms. The first-order valence-corrected chi connectivity index (χ1v) is 6.91. The first-order chi connectivity index (χ1) is 10.3. The molecular formula is C14H16N4O3. The number of carbonyl (C=O) groups is 1. The highest BCUT2D eigenvalue weighted by molar-refractivity contribution is 5.96. The van der Waals surface area contributed by atoms with Gasteiger partial charge in [-0.3, -0.25) is 4.79 Å². The van der Waals surface area contributed by atoms with E-state index in [-0.39, 0.29) is 11.6 Å². The molecule has 1 N–H and O–H groups in total. The number of nitrogens with one attached hydrogen (secondary N) is 1. The maximum atomic E-state index is 12.3. The number of aromatic nitrogens is 3. The van der Waals surface area contributed by atoms with Crippen LogP contribution in [0.2, 0.25) is 0 Å². The number of carbonyl (C=O) groups excluding carboxylic acids is 1. The van der Waals surface area contributed by atoms with Crippen molar-refractivity contribution >= 4 is 5.91 Å². The smallest absolute Gasteiger partial charge is 0.272 e. The van der Waals surface area contributed by atoms with Crippen molar-refractivity contribution in [3.8, 4) is 11.6 Å². The number of rotatable bonds is 4. The Morgan fingerprint density at radius 3 is 2.76 bits per heavy atom. The second kappa shape index (κ2) is 6.45. The SMILES string of the molecule is O=C(NCC1CCOCC1)c1nccnc1-c1ncco1. The predicted molar refractivity (Wildman–Crippen MR) is 73.4 cm³/mol. The molecule has 0 spiro atoms. The fourth-order valence-corrected chi connectivity index (χ4v) is 2.27. The summed E-state index contributed by atoms with van der Waals surface area (Å²) < 4.78 is 10.5. The molecule has 0 saturated carbocycles. The lowest BCUT2D eigenvalue weighted by Gasteiger charge is -2.22. The van der Waals surface area contributed by atoms with Crippen LogP contribution in [-0.4, -0.2) is 40.6 Å². The van der Waals surface area contributed by atoms with Crippen molar-refractivity contribution < 1.29 is 13.9 Å². The first kappa shape index (κ1) is 13.7. The highest BCUT2D eigenvalue weighted by Crippen LogP contribution is 2.18. The number of ether oxygens (including phenoxy) is 1. The van der Waals surface area contributed by atoms with Crippen LogP contribution in [0.5, 0.6) is 0 Å². The standard InChI is InChI=1S/C14H16N4O3/c19-13(18-9-10-1-6-20-7-2-10)11-12(16-4-3-15-11)14-17-5-8-21-14/h3-5,8,10H,1-2,6-7,9H2,(H,18,19). The van der Waals surface area contributed by atoms with E-state index in [2.05, 4.69) is 20.3 Å². The molecule has 3 rings (SSSR count). The molecule has 2 aromatic heterocycles. The van der Waals surface area contributed by atoms with Gasteiger partial charge in [0.1, 0.15) is 6.26 Å². The van der Waals surface area contributed by atoms with E-state index in [1.165, 1.54) is 24.9 Å². The summed E-state index contributed by atoms with van der Waals surface area (Å²) in [6.45, 7) is 2.13. The molecule has 0 aliphatic carbocycles. The maximum Gasteiger partial charge on any atom is 0.272 e. The number of amides is 1. The monoisotopic (exact) mass is 288 g/mol. The Bertz CT molecular complexity index is 594. The normalized spacial score (nSPS) is 15.8. The van der Waals surface area contributed by atoms with Gasteiger partial charge < -0.3 is 14.5 Å². The van der Waals surface area contributed by atoms with Crippen molar-refractivity contribution in [2.24, 2.45) is 5.92 Å². The summed E-state index contributed by atoms with van der Waals surface area (Å²) in [6, 6.07) is 0. The van der Waals surface area contributed by atoms with Crippen LogP contribution in [0.25, 0.3) is 11.6 Å². The molecule has 1 aliphatic rings. The van der Waals surface area contributed by atoms with Gasteiger partial charge in [-0.05, 0) is 18.8 Å². The Morgan fingerprint density at radius 2 is 2.00 bits per heavy atom. The van der Waals surface area contributed by atoms with E-state index in [1.807, 2.05) is 0 Å². The van der Waals surface area contributed by atoms with Gasteiger partial charge in [0, 0.05) is 32.2 Å². The second-order valence-corrected chi connectivity index (χ2v) is 4.86. The number of nitrogens with zero attached hydrogens (tertiary/aromatic N) is 3. The van der Waals surface area contributed by atoms with E-state index in [4.69, 9.17) is 9.15 Å².